The van der Waals surface area contributed by atoms with Gasteiger partial charge >= 0.3 is 0 Å². The standard InChI is InChI=1S/C11H12BrNO2/c12-7-1-2-9-10(6-15-11(9)3-7)13-4-8(14)5-13/h1-3,8,10,14H,4-6H2/t10-/m0/s1. The Bertz CT molecular complexity index is 390. The number of rotatable bonds is 1. The van der Waals surface area contributed by atoms with Gasteiger partial charge in [0, 0.05) is 23.1 Å². The number of likely N-dealkylation sites (tertiary alicyclic amines) is 1. The number of aliphatic hydroxyl groups is 1. The van der Waals surface area contributed by atoms with Gasteiger partial charge in [-0.15, -0.1) is 0 Å². The predicted molar refractivity (Wildman–Crippen MR) is 60.0 cm³/mol. The van der Waals surface area contributed by atoms with Crippen molar-refractivity contribution in [3.05, 3.63) is 28.2 Å². The van der Waals surface area contributed by atoms with Gasteiger partial charge in [0.2, 0.25) is 0 Å². The van der Waals surface area contributed by atoms with E-state index in [0.717, 1.165) is 23.3 Å². The van der Waals surface area contributed by atoms with Crippen molar-refractivity contribution in [1.82, 2.24) is 4.90 Å². The first-order valence-electron chi connectivity index (χ1n) is 5.08. The van der Waals surface area contributed by atoms with Crippen molar-refractivity contribution in [3.63, 3.8) is 0 Å². The second-order valence-electron chi connectivity index (χ2n) is 4.12. The van der Waals surface area contributed by atoms with Crippen LogP contribution in [0.5, 0.6) is 5.75 Å². The van der Waals surface area contributed by atoms with Gasteiger partial charge in [-0.05, 0) is 12.1 Å². The van der Waals surface area contributed by atoms with Crippen LogP contribution in [0.1, 0.15) is 11.6 Å². The van der Waals surface area contributed by atoms with Crippen molar-refractivity contribution in [1.29, 1.82) is 0 Å². The lowest BCUT2D eigenvalue weighted by Crippen LogP contribution is -2.52. The summed E-state index contributed by atoms with van der Waals surface area (Å²) in [5.41, 5.74) is 1.24. The van der Waals surface area contributed by atoms with Crippen LogP contribution in [0.15, 0.2) is 22.7 Å². The first-order chi connectivity index (χ1) is 7.24. The highest BCUT2D eigenvalue weighted by Gasteiger charge is 2.36. The fourth-order valence-corrected chi connectivity index (χ4v) is 2.55. The molecule has 0 radical (unpaired) electrons. The molecule has 0 aromatic heterocycles. The molecule has 0 saturated carbocycles. The average Bonchev–Trinajstić information content (AvgIpc) is 2.55. The number of halogens is 1. The highest BCUT2D eigenvalue weighted by Crippen LogP contribution is 2.39. The summed E-state index contributed by atoms with van der Waals surface area (Å²) in [5.74, 6) is 0.968. The van der Waals surface area contributed by atoms with Crippen LogP contribution in [0.3, 0.4) is 0 Å². The van der Waals surface area contributed by atoms with Gasteiger partial charge in [0.15, 0.2) is 0 Å². The van der Waals surface area contributed by atoms with Crippen molar-refractivity contribution in [3.8, 4) is 5.75 Å². The number of β-amino-alcohol motifs (C(OH)–C–C–N with tert-alkyl or cyclic N) is 1. The number of ether oxygens (including phenoxy) is 1. The van der Waals surface area contributed by atoms with Crippen molar-refractivity contribution < 1.29 is 9.84 Å². The Balaban J connectivity index is 1.85. The molecule has 1 N–H and O–H groups in total. The third-order valence-corrected chi connectivity index (χ3v) is 3.56. The monoisotopic (exact) mass is 269 g/mol. The quantitative estimate of drug-likeness (QED) is 0.840. The van der Waals surface area contributed by atoms with Crippen molar-refractivity contribution >= 4 is 15.9 Å². The molecule has 2 aliphatic rings. The molecule has 1 aromatic rings. The van der Waals surface area contributed by atoms with Crippen LogP contribution in [0.4, 0.5) is 0 Å². The molecule has 80 valence electrons. The Morgan fingerprint density at radius 2 is 2.20 bits per heavy atom. The lowest BCUT2D eigenvalue weighted by molar-refractivity contribution is -0.0293. The Morgan fingerprint density at radius 1 is 1.40 bits per heavy atom. The number of nitrogens with zero attached hydrogens (tertiary/aromatic N) is 1. The van der Waals surface area contributed by atoms with E-state index in [1.165, 1.54) is 5.56 Å². The minimum Gasteiger partial charge on any atom is -0.491 e. The highest BCUT2D eigenvalue weighted by atomic mass is 79.9. The Morgan fingerprint density at radius 3 is 2.93 bits per heavy atom. The molecular weight excluding hydrogens is 258 g/mol. The Kier molecular flexibility index (Phi) is 2.23. The van der Waals surface area contributed by atoms with Crippen LogP contribution >= 0.6 is 15.9 Å². The van der Waals surface area contributed by atoms with Gasteiger partial charge in [0.1, 0.15) is 12.4 Å². The second-order valence-corrected chi connectivity index (χ2v) is 5.03. The Hall–Kier alpha value is -0.580. The normalized spacial score (nSPS) is 25.9. The van der Waals surface area contributed by atoms with E-state index in [0.29, 0.717) is 12.6 Å². The third-order valence-electron chi connectivity index (χ3n) is 3.06. The molecule has 0 amide bonds. The summed E-state index contributed by atoms with van der Waals surface area (Å²) < 4.78 is 6.68. The summed E-state index contributed by atoms with van der Waals surface area (Å²) in [4.78, 5) is 2.25. The van der Waals surface area contributed by atoms with E-state index in [1.807, 2.05) is 12.1 Å². The summed E-state index contributed by atoms with van der Waals surface area (Å²) in [7, 11) is 0. The van der Waals surface area contributed by atoms with Crippen molar-refractivity contribution in [2.75, 3.05) is 19.7 Å². The van der Waals surface area contributed by atoms with Crippen molar-refractivity contribution in [2.45, 2.75) is 12.1 Å². The summed E-state index contributed by atoms with van der Waals surface area (Å²) in [6, 6.07) is 6.47. The Labute approximate surface area is 96.8 Å². The average molecular weight is 270 g/mol. The van der Waals surface area contributed by atoms with E-state index < -0.39 is 0 Å². The van der Waals surface area contributed by atoms with Crippen molar-refractivity contribution in [2.24, 2.45) is 0 Å². The first kappa shape index (κ1) is 9.63. The number of aliphatic hydroxyl groups excluding tert-OH is 1. The largest absolute Gasteiger partial charge is 0.491 e. The van der Waals surface area contributed by atoms with Gasteiger partial charge in [-0.25, -0.2) is 0 Å². The molecule has 2 heterocycles. The van der Waals surface area contributed by atoms with E-state index >= 15 is 0 Å². The van der Waals surface area contributed by atoms with Gasteiger partial charge in [0.05, 0.1) is 12.1 Å². The highest BCUT2D eigenvalue weighted by molar-refractivity contribution is 9.10. The van der Waals surface area contributed by atoms with Crippen LogP contribution in [0, 0.1) is 0 Å². The maximum Gasteiger partial charge on any atom is 0.125 e. The number of hydrogen-bond donors (Lipinski definition) is 1. The molecule has 1 saturated heterocycles. The summed E-state index contributed by atoms with van der Waals surface area (Å²) >= 11 is 3.43. The van der Waals surface area contributed by atoms with E-state index in [2.05, 4.69) is 26.9 Å². The molecule has 3 nitrogen and oxygen atoms in total. The first-order valence-corrected chi connectivity index (χ1v) is 5.88. The van der Waals surface area contributed by atoms with Crippen LogP contribution in [0.2, 0.25) is 0 Å². The maximum atomic E-state index is 9.28. The zero-order valence-electron chi connectivity index (χ0n) is 8.19. The smallest absolute Gasteiger partial charge is 0.125 e. The number of fused-ring (bicyclic) bond motifs is 1. The number of benzene rings is 1. The number of hydrogen-bond acceptors (Lipinski definition) is 3. The SMILES string of the molecule is OC1CN([C@H]2COc3cc(Br)ccc32)C1. The van der Waals surface area contributed by atoms with Crippen LogP contribution in [-0.2, 0) is 0 Å². The van der Waals surface area contributed by atoms with E-state index in [-0.39, 0.29) is 6.10 Å². The third kappa shape index (κ3) is 1.57. The minimum atomic E-state index is -0.149. The second kappa shape index (κ2) is 3.47. The fraction of sp³-hybridized carbons (Fsp3) is 0.455. The fourth-order valence-electron chi connectivity index (χ4n) is 2.21. The summed E-state index contributed by atoms with van der Waals surface area (Å²) in [6.45, 7) is 2.24. The molecule has 3 rings (SSSR count). The predicted octanol–water partition coefficient (Wildman–Crippen LogP) is 1.56. The molecule has 0 unspecified atom stereocenters. The van der Waals surface area contributed by atoms with Crippen LogP contribution in [-0.4, -0.2) is 35.8 Å². The van der Waals surface area contributed by atoms with Gasteiger partial charge in [-0.2, -0.15) is 0 Å². The van der Waals surface area contributed by atoms with Crippen LogP contribution < -0.4 is 4.74 Å². The lowest BCUT2D eigenvalue weighted by atomic mass is 10.0. The topological polar surface area (TPSA) is 32.7 Å². The van der Waals surface area contributed by atoms with Gasteiger partial charge in [0.25, 0.3) is 0 Å². The zero-order chi connectivity index (χ0) is 10.4. The minimum absolute atomic E-state index is 0.149. The lowest BCUT2D eigenvalue weighted by Gasteiger charge is -2.39. The summed E-state index contributed by atoms with van der Waals surface area (Å²) in [6.07, 6.45) is -0.149. The molecule has 4 heteroatoms. The molecular formula is C11H12BrNO2. The zero-order valence-corrected chi connectivity index (χ0v) is 9.77. The van der Waals surface area contributed by atoms with Gasteiger partial charge in [-0.3, -0.25) is 4.90 Å². The molecule has 2 aliphatic heterocycles. The molecule has 1 aromatic carbocycles. The molecule has 1 atom stereocenters. The van der Waals surface area contributed by atoms with E-state index in [9.17, 15) is 5.11 Å². The molecule has 15 heavy (non-hydrogen) atoms. The maximum absolute atomic E-state index is 9.28. The summed E-state index contributed by atoms with van der Waals surface area (Å²) in [5, 5.41) is 9.28. The van der Waals surface area contributed by atoms with Crippen LogP contribution in [0.25, 0.3) is 0 Å². The van der Waals surface area contributed by atoms with E-state index in [4.69, 9.17) is 4.74 Å². The van der Waals surface area contributed by atoms with E-state index in [1.54, 1.807) is 0 Å². The molecule has 0 aliphatic carbocycles. The molecule has 0 bridgehead atoms. The molecule has 0 spiro atoms. The van der Waals surface area contributed by atoms with Gasteiger partial charge < -0.3 is 9.84 Å². The molecule has 1 fully saturated rings. The van der Waals surface area contributed by atoms with Gasteiger partial charge in [-0.1, -0.05) is 22.0 Å².